The van der Waals surface area contributed by atoms with Crippen LogP contribution in [0.25, 0.3) is 10.9 Å². The zero-order valence-electron chi connectivity index (χ0n) is 8.99. The number of aryl methyl sites for hydroxylation is 1. The van der Waals surface area contributed by atoms with E-state index in [1.807, 2.05) is 6.20 Å². The Morgan fingerprint density at radius 2 is 2.21 bits per heavy atom. The largest absolute Gasteiger partial charge is 0.348 e. The lowest BCUT2D eigenvalue weighted by atomic mass is 10.1. The first-order valence-electron chi connectivity index (χ1n) is 5.17. The van der Waals surface area contributed by atoms with Crippen LogP contribution in [-0.2, 0) is 6.54 Å². The molecule has 74 valence electrons. The van der Waals surface area contributed by atoms with Crippen molar-refractivity contribution in [2.45, 2.75) is 33.2 Å². The average molecular weight is 188 g/mol. The average Bonchev–Trinajstić information content (AvgIpc) is 2.59. The van der Waals surface area contributed by atoms with E-state index >= 15 is 0 Å². The first kappa shape index (κ1) is 9.25. The van der Waals surface area contributed by atoms with E-state index in [2.05, 4.69) is 48.7 Å². The molecule has 14 heavy (non-hydrogen) atoms. The van der Waals surface area contributed by atoms with Gasteiger partial charge in [0.25, 0.3) is 0 Å². The van der Waals surface area contributed by atoms with Crippen molar-refractivity contribution in [2.75, 3.05) is 0 Å². The van der Waals surface area contributed by atoms with E-state index in [4.69, 9.17) is 0 Å². The standard InChI is InChI=1S/C12H16N2/c1-4-14-6-5-10-8-13-11(9(2)3)7-12(10)14/h5-9H,4H2,1-3H3. The molecule has 0 aliphatic rings. The molecule has 0 spiro atoms. The molecule has 0 aromatic carbocycles. The first-order valence-corrected chi connectivity index (χ1v) is 5.17. The lowest BCUT2D eigenvalue weighted by Crippen LogP contribution is -1.95. The van der Waals surface area contributed by atoms with Crippen molar-refractivity contribution in [2.24, 2.45) is 0 Å². The molecule has 0 unspecified atom stereocenters. The van der Waals surface area contributed by atoms with E-state index in [1.165, 1.54) is 16.6 Å². The summed E-state index contributed by atoms with van der Waals surface area (Å²) in [5.41, 5.74) is 2.47. The van der Waals surface area contributed by atoms with E-state index in [-0.39, 0.29) is 0 Å². The maximum atomic E-state index is 4.44. The molecule has 0 fully saturated rings. The fourth-order valence-electron chi connectivity index (χ4n) is 1.69. The van der Waals surface area contributed by atoms with Crippen LogP contribution in [0, 0.1) is 0 Å². The van der Waals surface area contributed by atoms with Gasteiger partial charge in [0, 0.05) is 30.0 Å². The molecule has 0 radical (unpaired) electrons. The maximum Gasteiger partial charge on any atom is 0.0514 e. The molecule has 0 bridgehead atoms. The fraction of sp³-hybridized carbons (Fsp3) is 0.417. The summed E-state index contributed by atoms with van der Waals surface area (Å²) >= 11 is 0. The third kappa shape index (κ3) is 1.41. The van der Waals surface area contributed by atoms with Crippen LogP contribution < -0.4 is 0 Å². The van der Waals surface area contributed by atoms with Crippen LogP contribution in [0.3, 0.4) is 0 Å². The first-order chi connectivity index (χ1) is 6.72. The lowest BCUT2D eigenvalue weighted by Gasteiger charge is -2.05. The minimum atomic E-state index is 0.500. The van der Waals surface area contributed by atoms with Gasteiger partial charge in [-0.05, 0) is 25.0 Å². The van der Waals surface area contributed by atoms with Crippen LogP contribution >= 0.6 is 0 Å². The Labute approximate surface area is 84.6 Å². The van der Waals surface area contributed by atoms with Gasteiger partial charge < -0.3 is 4.57 Å². The molecule has 2 nitrogen and oxygen atoms in total. The van der Waals surface area contributed by atoms with Crippen LogP contribution in [-0.4, -0.2) is 9.55 Å². The quantitative estimate of drug-likeness (QED) is 0.707. The molecular weight excluding hydrogens is 172 g/mol. The van der Waals surface area contributed by atoms with Gasteiger partial charge in [0.05, 0.1) is 5.52 Å². The molecule has 2 aromatic heterocycles. The van der Waals surface area contributed by atoms with Gasteiger partial charge in [-0.3, -0.25) is 4.98 Å². The summed E-state index contributed by atoms with van der Waals surface area (Å²) in [6, 6.07) is 4.32. The molecule has 2 heteroatoms. The van der Waals surface area contributed by atoms with Crippen molar-refractivity contribution in [3.63, 3.8) is 0 Å². The number of hydrogen-bond donors (Lipinski definition) is 0. The number of aromatic nitrogens is 2. The van der Waals surface area contributed by atoms with Crippen molar-refractivity contribution in [3.8, 4) is 0 Å². The van der Waals surface area contributed by atoms with E-state index in [0.717, 1.165) is 6.54 Å². The van der Waals surface area contributed by atoms with Gasteiger partial charge in [-0.15, -0.1) is 0 Å². The Bertz CT molecular complexity index is 441. The third-order valence-corrected chi connectivity index (χ3v) is 2.61. The van der Waals surface area contributed by atoms with Crippen LogP contribution in [0.2, 0.25) is 0 Å². The van der Waals surface area contributed by atoms with Crippen molar-refractivity contribution in [1.29, 1.82) is 0 Å². The Balaban J connectivity index is 2.61. The summed E-state index contributed by atoms with van der Waals surface area (Å²) in [4.78, 5) is 4.44. The number of fused-ring (bicyclic) bond motifs is 1. The topological polar surface area (TPSA) is 17.8 Å². The zero-order valence-corrected chi connectivity index (χ0v) is 8.99. The normalized spacial score (nSPS) is 11.4. The zero-order chi connectivity index (χ0) is 10.1. The van der Waals surface area contributed by atoms with Gasteiger partial charge in [0.2, 0.25) is 0 Å². The fourth-order valence-corrected chi connectivity index (χ4v) is 1.69. The summed E-state index contributed by atoms with van der Waals surface area (Å²) in [7, 11) is 0. The Morgan fingerprint density at radius 3 is 2.86 bits per heavy atom. The maximum absolute atomic E-state index is 4.44. The van der Waals surface area contributed by atoms with Crippen molar-refractivity contribution < 1.29 is 0 Å². The second kappa shape index (κ2) is 3.45. The molecule has 0 saturated carbocycles. The van der Waals surface area contributed by atoms with Gasteiger partial charge in [-0.2, -0.15) is 0 Å². The molecular formula is C12H16N2. The van der Waals surface area contributed by atoms with Crippen molar-refractivity contribution >= 4 is 10.9 Å². The second-order valence-electron chi connectivity index (χ2n) is 3.92. The van der Waals surface area contributed by atoms with Crippen molar-refractivity contribution in [1.82, 2.24) is 9.55 Å². The predicted molar refractivity (Wildman–Crippen MR) is 59.5 cm³/mol. The molecule has 2 rings (SSSR count). The monoisotopic (exact) mass is 188 g/mol. The van der Waals surface area contributed by atoms with Crippen molar-refractivity contribution in [3.05, 3.63) is 30.2 Å². The summed E-state index contributed by atoms with van der Waals surface area (Å²) in [6.45, 7) is 7.53. The lowest BCUT2D eigenvalue weighted by molar-refractivity contribution is 0.789. The molecule has 0 amide bonds. The predicted octanol–water partition coefficient (Wildman–Crippen LogP) is 3.18. The van der Waals surface area contributed by atoms with Gasteiger partial charge in [0.1, 0.15) is 0 Å². The van der Waals surface area contributed by atoms with Crippen LogP contribution in [0.15, 0.2) is 24.5 Å². The molecule has 0 saturated heterocycles. The molecule has 2 aromatic rings. The van der Waals surface area contributed by atoms with E-state index in [9.17, 15) is 0 Å². The highest BCUT2D eigenvalue weighted by Crippen LogP contribution is 2.19. The highest BCUT2D eigenvalue weighted by atomic mass is 14.9. The highest BCUT2D eigenvalue weighted by Gasteiger charge is 2.04. The third-order valence-electron chi connectivity index (χ3n) is 2.61. The minimum absolute atomic E-state index is 0.500. The molecule has 0 aliphatic carbocycles. The number of pyridine rings is 1. The molecule has 2 heterocycles. The SMILES string of the molecule is CCn1ccc2cnc(C(C)C)cc21. The summed E-state index contributed by atoms with van der Waals surface area (Å²) < 4.78 is 2.25. The summed E-state index contributed by atoms with van der Waals surface area (Å²) in [5, 5.41) is 1.23. The second-order valence-corrected chi connectivity index (χ2v) is 3.92. The minimum Gasteiger partial charge on any atom is -0.348 e. The van der Waals surface area contributed by atoms with E-state index in [1.54, 1.807) is 0 Å². The van der Waals surface area contributed by atoms with Gasteiger partial charge >= 0.3 is 0 Å². The number of rotatable bonds is 2. The Kier molecular flexibility index (Phi) is 2.28. The summed E-state index contributed by atoms with van der Waals surface area (Å²) in [6.07, 6.45) is 4.09. The smallest absolute Gasteiger partial charge is 0.0514 e. The molecule has 0 atom stereocenters. The number of nitrogens with zero attached hydrogens (tertiary/aromatic N) is 2. The van der Waals surface area contributed by atoms with E-state index < -0.39 is 0 Å². The highest BCUT2D eigenvalue weighted by molar-refractivity contribution is 5.79. The Hall–Kier alpha value is -1.31. The summed E-state index contributed by atoms with van der Waals surface area (Å²) in [5.74, 6) is 0.500. The van der Waals surface area contributed by atoms with Crippen LogP contribution in [0.4, 0.5) is 0 Å². The number of hydrogen-bond acceptors (Lipinski definition) is 1. The van der Waals surface area contributed by atoms with Crippen LogP contribution in [0.1, 0.15) is 32.4 Å². The van der Waals surface area contributed by atoms with Gasteiger partial charge in [-0.25, -0.2) is 0 Å². The molecule has 0 aliphatic heterocycles. The van der Waals surface area contributed by atoms with Gasteiger partial charge in [-0.1, -0.05) is 13.8 Å². The van der Waals surface area contributed by atoms with Gasteiger partial charge in [0.15, 0.2) is 0 Å². The molecule has 0 N–H and O–H groups in total. The van der Waals surface area contributed by atoms with Crippen LogP contribution in [0.5, 0.6) is 0 Å². The van der Waals surface area contributed by atoms with E-state index in [0.29, 0.717) is 5.92 Å². The Morgan fingerprint density at radius 1 is 1.43 bits per heavy atom.